The molecule has 1 radical (unpaired) electrons. The summed E-state index contributed by atoms with van der Waals surface area (Å²) in [7, 11) is 0. The first-order valence-corrected chi connectivity index (χ1v) is 4.32. The van der Waals surface area contributed by atoms with E-state index in [1.54, 1.807) is 6.42 Å². The molecule has 71 valence electrons. The smallest absolute Gasteiger partial charge is 0.434 e. The Kier molecular flexibility index (Phi) is 6.53. The molecule has 0 bridgehead atoms. The van der Waals surface area contributed by atoms with Crippen molar-refractivity contribution in [2.24, 2.45) is 0 Å². The summed E-state index contributed by atoms with van der Waals surface area (Å²) in [5.74, 6) is 0. The SMILES string of the molecule is C[CH]COC(=O)O[C@@H](C)CCC. The lowest BCUT2D eigenvalue weighted by Gasteiger charge is -2.11. The molecular formula is C9H17O3. The van der Waals surface area contributed by atoms with Crippen molar-refractivity contribution in [3.05, 3.63) is 6.42 Å². The van der Waals surface area contributed by atoms with Crippen molar-refractivity contribution in [1.29, 1.82) is 0 Å². The fraction of sp³-hybridized carbons (Fsp3) is 0.778. The Labute approximate surface area is 74.0 Å². The van der Waals surface area contributed by atoms with E-state index in [4.69, 9.17) is 9.47 Å². The molecule has 0 aliphatic rings. The zero-order chi connectivity index (χ0) is 9.40. The molecule has 1 atom stereocenters. The van der Waals surface area contributed by atoms with Crippen LogP contribution in [-0.2, 0) is 9.47 Å². The predicted molar refractivity (Wildman–Crippen MR) is 46.8 cm³/mol. The third-order valence-electron chi connectivity index (χ3n) is 1.36. The molecule has 0 N–H and O–H groups in total. The van der Waals surface area contributed by atoms with Gasteiger partial charge >= 0.3 is 6.16 Å². The second kappa shape index (κ2) is 6.95. The summed E-state index contributed by atoms with van der Waals surface area (Å²) in [6.45, 7) is 6.05. The van der Waals surface area contributed by atoms with Crippen molar-refractivity contribution in [2.45, 2.75) is 39.7 Å². The molecule has 0 aliphatic carbocycles. The lowest BCUT2D eigenvalue weighted by molar-refractivity contribution is 0.0311. The normalized spacial score (nSPS) is 12.2. The third-order valence-corrected chi connectivity index (χ3v) is 1.36. The molecular weight excluding hydrogens is 156 g/mol. The maximum absolute atomic E-state index is 10.8. The third kappa shape index (κ3) is 6.01. The van der Waals surface area contributed by atoms with E-state index in [9.17, 15) is 4.79 Å². The Morgan fingerprint density at radius 3 is 2.75 bits per heavy atom. The van der Waals surface area contributed by atoms with Gasteiger partial charge in [0.15, 0.2) is 0 Å². The van der Waals surface area contributed by atoms with E-state index >= 15 is 0 Å². The number of rotatable bonds is 5. The maximum atomic E-state index is 10.8. The Morgan fingerprint density at radius 1 is 1.58 bits per heavy atom. The summed E-state index contributed by atoms with van der Waals surface area (Å²) in [4.78, 5) is 10.8. The van der Waals surface area contributed by atoms with Crippen molar-refractivity contribution in [3.8, 4) is 0 Å². The average molecular weight is 173 g/mol. The zero-order valence-corrected chi connectivity index (χ0v) is 8.00. The van der Waals surface area contributed by atoms with Crippen molar-refractivity contribution in [2.75, 3.05) is 6.61 Å². The molecule has 0 amide bonds. The molecule has 0 aromatic heterocycles. The van der Waals surface area contributed by atoms with Crippen LogP contribution in [0.5, 0.6) is 0 Å². The van der Waals surface area contributed by atoms with Gasteiger partial charge in [0.2, 0.25) is 0 Å². The van der Waals surface area contributed by atoms with Crippen LogP contribution >= 0.6 is 0 Å². The number of ether oxygens (including phenoxy) is 2. The Hall–Kier alpha value is -0.730. The number of carbonyl (C=O) groups is 1. The van der Waals surface area contributed by atoms with Crippen LogP contribution in [0.3, 0.4) is 0 Å². The highest BCUT2D eigenvalue weighted by Gasteiger charge is 2.08. The van der Waals surface area contributed by atoms with Gasteiger partial charge in [-0.2, -0.15) is 0 Å². The molecule has 0 spiro atoms. The van der Waals surface area contributed by atoms with Crippen molar-refractivity contribution >= 4 is 6.16 Å². The lowest BCUT2D eigenvalue weighted by Crippen LogP contribution is -2.16. The summed E-state index contributed by atoms with van der Waals surface area (Å²) in [6, 6.07) is 0. The van der Waals surface area contributed by atoms with Crippen LogP contribution in [-0.4, -0.2) is 18.9 Å². The summed E-state index contributed by atoms with van der Waals surface area (Å²) in [5.41, 5.74) is 0. The topological polar surface area (TPSA) is 35.5 Å². The van der Waals surface area contributed by atoms with Gasteiger partial charge in [-0.05, 0) is 19.8 Å². The minimum absolute atomic E-state index is 0.0423. The predicted octanol–water partition coefficient (Wildman–Crippen LogP) is 2.55. The quantitative estimate of drug-likeness (QED) is 0.599. The van der Waals surface area contributed by atoms with Crippen LogP contribution in [0.15, 0.2) is 0 Å². The van der Waals surface area contributed by atoms with E-state index in [1.807, 2.05) is 20.8 Å². The minimum atomic E-state index is -0.575. The van der Waals surface area contributed by atoms with E-state index in [0.29, 0.717) is 6.61 Å². The van der Waals surface area contributed by atoms with Gasteiger partial charge in [-0.15, -0.1) is 0 Å². The molecule has 0 saturated carbocycles. The first-order valence-electron chi connectivity index (χ1n) is 4.32. The first kappa shape index (κ1) is 11.3. The summed E-state index contributed by atoms with van der Waals surface area (Å²) < 4.78 is 9.60. The van der Waals surface area contributed by atoms with Crippen molar-refractivity contribution in [1.82, 2.24) is 0 Å². The minimum Gasteiger partial charge on any atom is -0.434 e. The molecule has 3 heteroatoms. The fourth-order valence-corrected chi connectivity index (χ4v) is 0.815. The van der Waals surface area contributed by atoms with E-state index in [-0.39, 0.29) is 6.10 Å². The van der Waals surface area contributed by atoms with E-state index in [2.05, 4.69) is 0 Å². The molecule has 0 rings (SSSR count). The van der Waals surface area contributed by atoms with Crippen LogP contribution in [0.4, 0.5) is 4.79 Å². The Morgan fingerprint density at radius 2 is 2.25 bits per heavy atom. The van der Waals surface area contributed by atoms with E-state index in [0.717, 1.165) is 12.8 Å². The molecule has 0 fully saturated rings. The van der Waals surface area contributed by atoms with Gasteiger partial charge in [0.25, 0.3) is 0 Å². The molecule has 0 aliphatic heterocycles. The van der Waals surface area contributed by atoms with E-state index < -0.39 is 6.16 Å². The summed E-state index contributed by atoms with van der Waals surface area (Å²) in [5, 5.41) is 0. The highest BCUT2D eigenvalue weighted by atomic mass is 16.7. The van der Waals surface area contributed by atoms with Crippen LogP contribution < -0.4 is 0 Å². The summed E-state index contributed by atoms with van der Waals surface area (Å²) in [6.07, 6.45) is 3.03. The second-order valence-corrected chi connectivity index (χ2v) is 2.69. The van der Waals surface area contributed by atoms with Gasteiger partial charge in [0.1, 0.15) is 6.10 Å². The van der Waals surface area contributed by atoms with Crippen LogP contribution in [0, 0.1) is 6.42 Å². The Bertz CT molecular complexity index is 123. The van der Waals surface area contributed by atoms with Gasteiger partial charge in [-0.25, -0.2) is 4.79 Å². The van der Waals surface area contributed by atoms with Crippen LogP contribution in [0.25, 0.3) is 0 Å². The van der Waals surface area contributed by atoms with Gasteiger partial charge in [-0.1, -0.05) is 20.3 Å². The molecule has 0 aromatic carbocycles. The van der Waals surface area contributed by atoms with E-state index in [1.165, 1.54) is 0 Å². The maximum Gasteiger partial charge on any atom is 0.508 e. The van der Waals surface area contributed by atoms with Crippen molar-refractivity contribution in [3.63, 3.8) is 0 Å². The molecule has 0 saturated heterocycles. The van der Waals surface area contributed by atoms with Gasteiger partial charge in [0, 0.05) is 0 Å². The number of hydrogen-bond acceptors (Lipinski definition) is 3. The molecule has 0 heterocycles. The monoisotopic (exact) mass is 173 g/mol. The second-order valence-electron chi connectivity index (χ2n) is 2.69. The van der Waals surface area contributed by atoms with Crippen LogP contribution in [0.2, 0.25) is 0 Å². The molecule has 0 unspecified atom stereocenters. The Balaban J connectivity index is 3.40. The molecule has 0 aromatic rings. The number of hydrogen-bond donors (Lipinski definition) is 0. The highest BCUT2D eigenvalue weighted by molar-refractivity contribution is 5.60. The van der Waals surface area contributed by atoms with Crippen molar-refractivity contribution < 1.29 is 14.3 Å². The molecule has 12 heavy (non-hydrogen) atoms. The lowest BCUT2D eigenvalue weighted by atomic mass is 10.2. The standard InChI is InChI=1S/C9H17O3/c1-4-6-8(3)12-9(10)11-7-5-2/h5,8H,4,6-7H2,1-3H3/t8-/m0/s1. The highest BCUT2D eigenvalue weighted by Crippen LogP contribution is 2.02. The van der Waals surface area contributed by atoms with Crippen LogP contribution in [0.1, 0.15) is 33.6 Å². The number of carbonyl (C=O) groups excluding carboxylic acids is 1. The molecule has 3 nitrogen and oxygen atoms in total. The zero-order valence-electron chi connectivity index (χ0n) is 8.00. The largest absolute Gasteiger partial charge is 0.508 e. The summed E-state index contributed by atoms with van der Waals surface area (Å²) >= 11 is 0. The van der Waals surface area contributed by atoms with Gasteiger partial charge < -0.3 is 9.47 Å². The fourth-order valence-electron chi connectivity index (χ4n) is 0.815. The van der Waals surface area contributed by atoms with Gasteiger partial charge in [-0.3, -0.25) is 0 Å². The average Bonchev–Trinajstić information content (AvgIpc) is 2.01. The van der Waals surface area contributed by atoms with Gasteiger partial charge in [0.05, 0.1) is 6.61 Å². The first-order chi connectivity index (χ1) is 5.70.